The second kappa shape index (κ2) is 16.2. The molecule has 0 unspecified atom stereocenters. The first-order valence-electron chi connectivity index (χ1n) is 15.8. The van der Waals surface area contributed by atoms with E-state index in [0.717, 1.165) is 29.5 Å². The maximum Gasteiger partial charge on any atom is 0.343 e. The third kappa shape index (κ3) is 8.01. The van der Waals surface area contributed by atoms with Gasteiger partial charge in [0.05, 0.1) is 65.2 Å². The molecule has 0 N–H and O–H groups in total. The van der Waals surface area contributed by atoms with E-state index in [9.17, 15) is 34.6 Å². The van der Waals surface area contributed by atoms with E-state index in [1.54, 1.807) is 57.2 Å². The van der Waals surface area contributed by atoms with Crippen LogP contribution in [0.4, 0.5) is 11.4 Å². The minimum absolute atomic E-state index is 0.0712. The van der Waals surface area contributed by atoms with Gasteiger partial charge in [-0.15, -0.1) is 0 Å². The summed E-state index contributed by atoms with van der Waals surface area (Å²) in [6.45, 7) is 5.03. The van der Waals surface area contributed by atoms with E-state index < -0.39 is 44.8 Å². The molecule has 0 fully saturated rings. The van der Waals surface area contributed by atoms with Gasteiger partial charge in [-0.05, 0) is 68.3 Å². The number of hydrogen-bond acceptors (Lipinski definition) is 15. The van der Waals surface area contributed by atoms with E-state index >= 15 is 0 Å². The predicted octanol–water partition coefficient (Wildman–Crippen LogP) is 4.37. The van der Waals surface area contributed by atoms with E-state index in [4.69, 9.17) is 23.7 Å². The van der Waals surface area contributed by atoms with Crippen LogP contribution in [0, 0.1) is 20.2 Å². The van der Waals surface area contributed by atoms with Crippen molar-refractivity contribution in [2.24, 2.45) is 4.99 Å². The van der Waals surface area contributed by atoms with Crippen molar-refractivity contribution in [3.05, 3.63) is 117 Å². The molecular formula is C35H32N4O13S. The van der Waals surface area contributed by atoms with Gasteiger partial charge < -0.3 is 28.4 Å². The fraction of sp³-hybridized carbons (Fsp3) is 0.257. The van der Waals surface area contributed by atoms with Crippen molar-refractivity contribution in [2.75, 3.05) is 34.0 Å². The van der Waals surface area contributed by atoms with Gasteiger partial charge >= 0.3 is 17.6 Å². The molecule has 17 nitrogen and oxygen atoms in total. The number of rotatable bonds is 14. The lowest BCUT2D eigenvalue weighted by molar-refractivity contribution is -0.394. The summed E-state index contributed by atoms with van der Waals surface area (Å²) >= 11 is 1.08. The molecule has 3 aromatic carbocycles. The molecule has 1 aliphatic heterocycles. The largest absolute Gasteiger partial charge is 0.493 e. The number of aromatic nitrogens is 1. The number of hydrogen-bond donors (Lipinski definition) is 0. The SMILES string of the molecule is CCOC(=O)C1=C(C)N=c2s/c(=C\c3ccc(Oc4ccc([N+](=O)[O-])cc4[N+](=O)[O-])c(OC)c3)c(=O)n2[C@H]1c1ccc(OCC(=O)OC)c(OCC)c1. The standard InChI is InChI=1S/C35H32N4O13S/c1-6-49-28-16-21(9-12-25(28)51-18-30(40)48-5)32-31(34(42)50-7-2)19(3)36-35-37(32)33(41)29(53-35)15-20-8-11-26(27(14-20)47-4)52-24-13-10-22(38(43)44)17-23(24)39(45)46/h8-17,32H,6-7,18H2,1-5H3/b29-15-/t32-/m0/s1. The molecule has 0 radical (unpaired) electrons. The van der Waals surface area contributed by atoms with Gasteiger partial charge in [-0.1, -0.05) is 23.5 Å². The Morgan fingerprint density at radius 2 is 1.64 bits per heavy atom. The summed E-state index contributed by atoms with van der Waals surface area (Å²) in [5.41, 5.74) is -0.119. The first-order valence-corrected chi connectivity index (χ1v) is 16.7. The number of nitrogens with zero attached hydrogens (tertiary/aromatic N) is 4. The maximum atomic E-state index is 14.2. The summed E-state index contributed by atoms with van der Waals surface area (Å²) in [7, 11) is 2.59. The van der Waals surface area contributed by atoms with E-state index in [2.05, 4.69) is 9.73 Å². The van der Waals surface area contributed by atoms with Crippen molar-refractivity contribution in [1.29, 1.82) is 0 Å². The molecule has 0 amide bonds. The molecule has 0 spiro atoms. The lowest BCUT2D eigenvalue weighted by Crippen LogP contribution is -2.40. The predicted molar refractivity (Wildman–Crippen MR) is 188 cm³/mol. The second-order valence-electron chi connectivity index (χ2n) is 11.0. The van der Waals surface area contributed by atoms with E-state index in [0.29, 0.717) is 21.6 Å². The molecule has 0 bridgehead atoms. The Hall–Kier alpha value is -6.56. The van der Waals surface area contributed by atoms with Crippen molar-refractivity contribution in [1.82, 2.24) is 4.57 Å². The number of nitro groups is 2. The number of thiazole rings is 1. The van der Waals surface area contributed by atoms with Gasteiger partial charge in [-0.25, -0.2) is 14.6 Å². The molecule has 53 heavy (non-hydrogen) atoms. The molecule has 4 aromatic rings. The van der Waals surface area contributed by atoms with Crippen LogP contribution in [-0.4, -0.2) is 60.4 Å². The monoisotopic (exact) mass is 748 g/mol. The zero-order valence-corrected chi connectivity index (χ0v) is 29.8. The highest BCUT2D eigenvalue weighted by Gasteiger charge is 2.34. The van der Waals surface area contributed by atoms with Gasteiger partial charge in [0.25, 0.3) is 11.2 Å². The molecule has 1 aromatic heterocycles. The van der Waals surface area contributed by atoms with Crippen LogP contribution in [0.25, 0.3) is 6.08 Å². The van der Waals surface area contributed by atoms with Crippen LogP contribution < -0.4 is 33.8 Å². The van der Waals surface area contributed by atoms with Crippen LogP contribution >= 0.6 is 11.3 Å². The Balaban J connectivity index is 1.59. The minimum Gasteiger partial charge on any atom is -0.493 e. The number of carbonyl (C=O) groups excluding carboxylic acids is 2. The topological polar surface area (TPSA) is 210 Å². The number of nitro benzene ring substituents is 2. The summed E-state index contributed by atoms with van der Waals surface area (Å²) in [4.78, 5) is 65.4. The molecule has 276 valence electrons. The summed E-state index contributed by atoms with van der Waals surface area (Å²) in [6, 6.07) is 11.4. The lowest BCUT2D eigenvalue weighted by atomic mass is 9.95. The van der Waals surface area contributed by atoms with Crippen molar-refractivity contribution in [2.45, 2.75) is 26.8 Å². The van der Waals surface area contributed by atoms with Crippen molar-refractivity contribution in [3.63, 3.8) is 0 Å². The molecular weight excluding hydrogens is 716 g/mol. The van der Waals surface area contributed by atoms with Crippen molar-refractivity contribution in [3.8, 4) is 28.7 Å². The zero-order chi connectivity index (χ0) is 38.4. The number of ether oxygens (including phenoxy) is 6. The highest BCUT2D eigenvalue weighted by Crippen LogP contribution is 2.39. The average molecular weight is 749 g/mol. The average Bonchev–Trinajstić information content (AvgIpc) is 3.44. The van der Waals surface area contributed by atoms with Gasteiger partial charge in [-0.3, -0.25) is 29.6 Å². The first-order chi connectivity index (χ1) is 25.4. The summed E-state index contributed by atoms with van der Waals surface area (Å²) in [6.07, 6.45) is 1.58. The number of non-ortho nitro benzene ring substituents is 1. The van der Waals surface area contributed by atoms with Gasteiger partial charge in [-0.2, -0.15) is 0 Å². The highest BCUT2D eigenvalue weighted by molar-refractivity contribution is 7.07. The fourth-order valence-corrected chi connectivity index (χ4v) is 6.41. The van der Waals surface area contributed by atoms with Crippen molar-refractivity contribution >= 4 is 40.7 Å². The molecule has 0 saturated heterocycles. The lowest BCUT2D eigenvalue weighted by Gasteiger charge is -2.25. The Morgan fingerprint density at radius 3 is 2.30 bits per heavy atom. The summed E-state index contributed by atoms with van der Waals surface area (Å²) < 4.78 is 34.3. The zero-order valence-electron chi connectivity index (χ0n) is 29.0. The molecule has 1 aliphatic rings. The second-order valence-corrected chi connectivity index (χ2v) is 12.0. The van der Waals surface area contributed by atoms with Crippen LogP contribution in [0.1, 0.15) is 37.9 Å². The Labute approximate surface area is 304 Å². The Bertz CT molecular complexity index is 2330. The van der Waals surface area contributed by atoms with E-state index in [-0.39, 0.29) is 58.7 Å². The van der Waals surface area contributed by atoms with Crippen LogP contribution in [-0.2, 0) is 19.1 Å². The van der Waals surface area contributed by atoms with Crippen LogP contribution in [0.2, 0.25) is 0 Å². The quantitative estimate of drug-likeness (QED) is 0.0998. The Morgan fingerprint density at radius 1 is 0.906 bits per heavy atom. The van der Waals surface area contributed by atoms with Gasteiger partial charge in [0, 0.05) is 6.07 Å². The molecule has 1 atom stereocenters. The first kappa shape index (κ1) is 37.7. The van der Waals surface area contributed by atoms with E-state index in [1.165, 1.54) is 24.9 Å². The van der Waals surface area contributed by atoms with E-state index in [1.807, 2.05) is 0 Å². The maximum absolute atomic E-state index is 14.2. The van der Waals surface area contributed by atoms with Crippen molar-refractivity contribution < 1.29 is 47.9 Å². The molecule has 5 rings (SSSR count). The van der Waals surface area contributed by atoms with Crippen LogP contribution in [0.15, 0.2) is 75.7 Å². The highest BCUT2D eigenvalue weighted by atomic mass is 32.1. The molecule has 2 heterocycles. The third-order valence-electron chi connectivity index (χ3n) is 7.73. The number of benzene rings is 3. The summed E-state index contributed by atoms with van der Waals surface area (Å²) in [5, 5.41) is 22.8. The van der Waals surface area contributed by atoms with Crippen LogP contribution in [0.3, 0.4) is 0 Å². The number of fused-ring (bicyclic) bond motifs is 1. The number of allylic oxidation sites excluding steroid dienone is 1. The molecule has 18 heteroatoms. The summed E-state index contributed by atoms with van der Waals surface area (Å²) in [5.74, 6) is -0.773. The normalized spacial score (nSPS) is 13.8. The number of methoxy groups -OCH3 is 2. The van der Waals surface area contributed by atoms with Gasteiger partial charge in [0.2, 0.25) is 5.75 Å². The smallest absolute Gasteiger partial charge is 0.343 e. The fourth-order valence-electron chi connectivity index (χ4n) is 5.36. The third-order valence-corrected chi connectivity index (χ3v) is 8.71. The van der Waals surface area contributed by atoms with Gasteiger partial charge in [0.1, 0.15) is 0 Å². The van der Waals surface area contributed by atoms with Crippen LogP contribution in [0.5, 0.6) is 28.7 Å². The number of carbonyl (C=O) groups is 2. The molecule has 0 saturated carbocycles. The Kier molecular flexibility index (Phi) is 11.5. The number of esters is 2. The van der Waals surface area contributed by atoms with Gasteiger partial charge in [0.15, 0.2) is 34.4 Å². The molecule has 0 aliphatic carbocycles. The minimum atomic E-state index is -0.982.